The molecule has 1 heterocycles. The fourth-order valence-electron chi connectivity index (χ4n) is 1.46. The molecule has 1 aliphatic heterocycles. The molecule has 0 saturated carbocycles. The Bertz CT molecular complexity index is 233. The number of likely N-dealkylation sites (tertiary alicyclic amines) is 1. The van der Waals surface area contributed by atoms with Crippen LogP contribution >= 0.6 is 0 Å². The van der Waals surface area contributed by atoms with Crippen LogP contribution in [0.15, 0.2) is 11.7 Å². The summed E-state index contributed by atoms with van der Waals surface area (Å²) in [6.45, 7) is 1.65. The summed E-state index contributed by atoms with van der Waals surface area (Å²) >= 11 is 0. The molecule has 1 aliphatic rings. The van der Waals surface area contributed by atoms with Gasteiger partial charge in [0, 0.05) is 12.1 Å². The topological polar surface area (TPSA) is 20.3 Å². The van der Waals surface area contributed by atoms with Gasteiger partial charge in [0.05, 0.1) is 6.04 Å². The summed E-state index contributed by atoms with van der Waals surface area (Å²) in [6.07, 6.45) is -1.45. The van der Waals surface area contributed by atoms with Gasteiger partial charge in [-0.05, 0) is 20.4 Å². The maximum atomic E-state index is 12.1. The number of hydrogen-bond acceptors (Lipinski definition) is 2. The number of nitrogens with zero attached hydrogens (tertiary/aromatic N) is 1. The Morgan fingerprint density at radius 1 is 1.58 bits per heavy atom. The van der Waals surface area contributed by atoms with Gasteiger partial charge >= 0.3 is 0 Å². The van der Waals surface area contributed by atoms with E-state index in [2.05, 4.69) is 0 Å². The molecule has 1 rings (SSSR count). The third-order valence-corrected chi connectivity index (χ3v) is 2.15. The standard InChI is InChI=1S/C8H11F2NO/c1-5(12)7-3-6(8(9)10)4-11(7)2/h7H,3-4H2,1-2H3/t7-/m0/s1. The summed E-state index contributed by atoms with van der Waals surface area (Å²) in [5.74, 6) is -0.0475. The zero-order valence-corrected chi connectivity index (χ0v) is 7.10. The number of carbonyl (C=O) groups is 1. The molecule has 0 aliphatic carbocycles. The number of rotatable bonds is 1. The molecule has 0 amide bonds. The van der Waals surface area contributed by atoms with Crippen LogP contribution in [-0.4, -0.2) is 30.3 Å². The highest BCUT2D eigenvalue weighted by Crippen LogP contribution is 2.25. The highest BCUT2D eigenvalue weighted by atomic mass is 19.3. The first-order valence-electron chi connectivity index (χ1n) is 3.76. The normalized spacial score (nSPS) is 24.7. The summed E-state index contributed by atoms with van der Waals surface area (Å²) in [5, 5.41) is 0. The first-order valence-corrected chi connectivity index (χ1v) is 3.76. The van der Waals surface area contributed by atoms with Crippen molar-refractivity contribution in [3.63, 3.8) is 0 Å². The first-order chi connectivity index (χ1) is 5.52. The van der Waals surface area contributed by atoms with Crippen LogP contribution in [0.1, 0.15) is 13.3 Å². The van der Waals surface area contributed by atoms with Crippen molar-refractivity contribution in [1.82, 2.24) is 4.90 Å². The Kier molecular flexibility index (Phi) is 2.57. The van der Waals surface area contributed by atoms with Crippen molar-refractivity contribution < 1.29 is 13.6 Å². The van der Waals surface area contributed by atoms with Crippen LogP contribution in [0.5, 0.6) is 0 Å². The summed E-state index contributed by atoms with van der Waals surface area (Å²) in [4.78, 5) is 12.6. The molecule has 0 N–H and O–H groups in total. The molecule has 1 saturated heterocycles. The minimum atomic E-state index is -1.63. The van der Waals surface area contributed by atoms with Crippen LogP contribution in [0.4, 0.5) is 8.78 Å². The fourth-order valence-corrected chi connectivity index (χ4v) is 1.46. The molecular formula is C8H11F2NO. The Morgan fingerprint density at radius 2 is 2.17 bits per heavy atom. The summed E-state index contributed by atoms with van der Waals surface area (Å²) < 4.78 is 24.2. The van der Waals surface area contributed by atoms with E-state index >= 15 is 0 Å². The van der Waals surface area contributed by atoms with Crippen LogP contribution in [0.25, 0.3) is 0 Å². The number of ketones is 1. The van der Waals surface area contributed by atoms with Gasteiger partial charge in [-0.2, -0.15) is 8.78 Å². The summed E-state index contributed by atoms with van der Waals surface area (Å²) in [6, 6.07) is -0.346. The molecule has 4 heteroatoms. The van der Waals surface area contributed by atoms with E-state index in [1.54, 1.807) is 11.9 Å². The predicted octanol–water partition coefficient (Wildman–Crippen LogP) is 1.43. The smallest absolute Gasteiger partial charge is 0.270 e. The number of hydrogen-bond donors (Lipinski definition) is 0. The van der Waals surface area contributed by atoms with Crippen molar-refractivity contribution in [3.8, 4) is 0 Å². The fraction of sp³-hybridized carbons (Fsp3) is 0.625. The lowest BCUT2D eigenvalue weighted by Gasteiger charge is -2.14. The zero-order valence-electron chi connectivity index (χ0n) is 7.10. The number of Topliss-reactive ketones (excluding diaryl/α,β-unsaturated/α-hetero) is 1. The lowest BCUT2D eigenvalue weighted by molar-refractivity contribution is -0.120. The molecule has 0 spiro atoms. The van der Waals surface area contributed by atoms with Crippen molar-refractivity contribution in [2.24, 2.45) is 0 Å². The molecular weight excluding hydrogens is 164 g/mol. The lowest BCUT2D eigenvalue weighted by Crippen LogP contribution is -2.30. The molecule has 12 heavy (non-hydrogen) atoms. The molecule has 0 aromatic rings. The number of carbonyl (C=O) groups excluding carboxylic acids is 1. The van der Waals surface area contributed by atoms with Gasteiger partial charge in [-0.25, -0.2) is 0 Å². The zero-order chi connectivity index (χ0) is 9.30. The van der Waals surface area contributed by atoms with E-state index in [-0.39, 0.29) is 30.4 Å². The second kappa shape index (κ2) is 3.31. The molecule has 2 nitrogen and oxygen atoms in total. The van der Waals surface area contributed by atoms with Crippen molar-refractivity contribution in [3.05, 3.63) is 11.7 Å². The van der Waals surface area contributed by atoms with Gasteiger partial charge in [-0.3, -0.25) is 9.69 Å². The second-order valence-corrected chi connectivity index (χ2v) is 3.11. The monoisotopic (exact) mass is 175 g/mol. The third kappa shape index (κ3) is 1.69. The minimum absolute atomic E-state index is 0.0475. The van der Waals surface area contributed by atoms with Gasteiger partial charge in [-0.15, -0.1) is 0 Å². The van der Waals surface area contributed by atoms with Gasteiger partial charge < -0.3 is 0 Å². The van der Waals surface area contributed by atoms with Crippen molar-refractivity contribution >= 4 is 5.78 Å². The van der Waals surface area contributed by atoms with Crippen molar-refractivity contribution in [2.45, 2.75) is 19.4 Å². The largest absolute Gasteiger partial charge is 0.298 e. The molecule has 0 aromatic heterocycles. The van der Waals surface area contributed by atoms with Crippen LogP contribution in [-0.2, 0) is 4.79 Å². The molecule has 1 fully saturated rings. The maximum Gasteiger partial charge on any atom is 0.270 e. The Balaban J connectivity index is 2.75. The Hall–Kier alpha value is -0.770. The average Bonchev–Trinajstić information content (AvgIpc) is 2.30. The number of halogens is 2. The Labute approximate surface area is 69.9 Å². The minimum Gasteiger partial charge on any atom is -0.298 e. The molecule has 0 radical (unpaired) electrons. The quantitative estimate of drug-likeness (QED) is 0.600. The van der Waals surface area contributed by atoms with E-state index in [1.165, 1.54) is 6.92 Å². The van der Waals surface area contributed by atoms with Gasteiger partial charge in [0.15, 0.2) is 0 Å². The van der Waals surface area contributed by atoms with Crippen molar-refractivity contribution in [2.75, 3.05) is 13.6 Å². The van der Waals surface area contributed by atoms with Crippen molar-refractivity contribution in [1.29, 1.82) is 0 Å². The van der Waals surface area contributed by atoms with Gasteiger partial charge in [0.1, 0.15) is 5.78 Å². The average molecular weight is 175 g/mol. The highest BCUT2D eigenvalue weighted by Gasteiger charge is 2.30. The van der Waals surface area contributed by atoms with Crippen LogP contribution in [0.2, 0.25) is 0 Å². The summed E-state index contributed by atoms with van der Waals surface area (Å²) in [7, 11) is 1.68. The van der Waals surface area contributed by atoms with Gasteiger partial charge in [-0.1, -0.05) is 0 Å². The van der Waals surface area contributed by atoms with Crippen LogP contribution < -0.4 is 0 Å². The van der Waals surface area contributed by atoms with Gasteiger partial charge in [0.2, 0.25) is 0 Å². The maximum absolute atomic E-state index is 12.1. The second-order valence-electron chi connectivity index (χ2n) is 3.11. The van der Waals surface area contributed by atoms with E-state index in [9.17, 15) is 13.6 Å². The highest BCUT2D eigenvalue weighted by molar-refractivity contribution is 5.82. The molecule has 0 unspecified atom stereocenters. The molecule has 0 aromatic carbocycles. The Morgan fingerprint density at radius 3 is 2.42 bits per heavy atom. The van der Waals surface area contributed by atoms with E-state index in [1.807, 2.05) is 0 Å². The van der Waals surface area contributed by atoms with E-state index in [0.29, 0.717) is 0 Å². The third-order valence-electron chi connectivity index (χ3n) is 2.15. The van der Waals surface area contributed by atoms with Gasteiger partial charge in [0.25, 0.3) is 6.08 Å². The van der Waals surface area contributed by atoms with E-state index < -0.39 is 6.08 Å². The summed E-state index contributed by atoms with van der Waals surface area (Å²) in [5.41, 5.74) is 0.0951. The van der Waals surface area contributed by atoms with Crippen LogP contribution in [0, 0.1) is 0 Å². The van der Waals surface area contributed by atoms with E-state index in [4.69, 9.17) is 0 Å². The van der Waals surface area contributed by atoms with Crippen LogP contribution in [0.3, 0.4) is 0 Å². The molecule has 1 atom stereocenters. The number of likely N-dealkylation sites (N-methyl/N-ethyl adjacent to an activating group) is 1. The molecule has 0 bridgehead atoms. The first kappa shape index (κ1) is 9.32. The lowest BCUT2D eigenvalue weighted by atomic mass is 10.1. The van der Waals surface area contributed by atoms with E-state index in [0.717, 1.165) is 0 Å². The predicted molar refractivity (Wildman–Crippen MR) is 41.0 cm³/mol. The molecule has 68 valence electrons. The SMILES string of the molecule is CC(=O)[C@@H]1CC(=C(F)F)CN1C.